The molecule has 1 saturated carbocycles. The minimum absolute atomic E-state index is 0. The molecule has 1 heterocycles. The van der Waals surface area contributed by atoms with E-state index in [-0.39, 0.29) is 30.9 Å². The van der Waals surface area contributed by atoms with Crippen LogP contribution in [0.25, 0.3) is 0 Å². The average Bonchev–Trinajstić information content (AvgIpc) is 2.87. The Morgan fingerprint density at radius 2 is 1.77 bits per heavy atom. The Morgan fingerprint density at radius 3 is 2.23 bits per heavy atom. The van der Waals surface area contributed by atoms with Gasteiger partial charge in [0.2, 0.25) is 0 Å². The lowest BCUT2D eigenvalue weighted by molar-refractivity contribution is 0.593. The zero-order valence-corrected chi connectivity index (χ0v) is 8.72. The molecule has 1 aliphatic carbocycles. The molecule has 0 aromatic carbocycles. The molecule has 1 unspecified atom stereocenters. The molecule has 0 bridgehead atoms. The second-order valence-corrected chi connectivity index (χ2v) is 2.97. The molecule has 3 nitrogen and oxygen atoms in total. The predicted molar refractivity (Wildman–Crippen MR) is 56.2 cm³/mol. The third-order valence-electron chi connectivity index (χ3n) is 2.01. The van der Waals surface area contributed by atoms with Crippen molar-refractivity contribution < 1.29 is 0 Å². The minimum Gasteiger partial charge on any atom is -0.321 e. The highest BCUT2D eigenvalue weighted by Gasteiger charge is 2.30. The van der Waals surface area contributed by atoms with Gasteiger partial charge in [0, 0.05) is 12.4 Å². The fraction of sp³-hybridized carbons (Fsp3) is 0.500. The number of nitrogens with zero attached hydrogens (tertiary/aromatic N) is 2. The van der Waals surface area contributed by atoms with Gasteiger partial charge in [0.05, 0.1) is 6.04 Å². The van der Waals surface area contributed by atoms with Gasteiger partial charge in [-0.05, 0) is 24.8 Å². The Labute approximate surface area is 90.0 Å². The Morgan fingerprint density at radius 1 is 1.23 bits per heavy atom. The van der Waals surface area contributed by atoms with Crippen LogP contribution in [0.15, 0.2) is 18.5 Å². The first-order valence-electron chi connectivity index (χ1n) is 3.90. The van der Waals surface area contributed by atoms with Gasteiger partial charge in [-0.3, -0.25) is 0 Å². The molecule has 2 N–H and O–H groups in total. The average molecular weight is 222 g/mol. The van der Waals surface area contributed by atoms with E-state index in [0.29, 0.717) is 5.92 Å². The second kappa shape index (κ2) is 5.37. The highest BCUT2D eigenvalue weighted by molar-refractivity contribution is 5.85. The predicted octanol–water partition coefficient (Wildman–Crippen LogP) is 1.73. The summed E-state index contributed by atoms with van der Waals surface area (Å²) in [5.41, 5.74) is 5.88. The van der Waals surface area contributed by atoms with Gasteiger partial charge in [-0.2, -0.15) is 0 Å². The van der Waals surface area contributed by atoms with Crippen LogP contribution < -0.4 is 5.73 Å². The number of rotatable bonds is 2. The summed E-state index contributed by atoms with van der Waals surface area (Å²) in [6.45, 7) is 0. The van der Waals surface area contributed by atoms with Crippen molar-refractivity contribution in [1.82, 2.24) is 9.97 Å². The molecule has 13 heavy (non-hydrogen) atoms. The SMILES string of the molecule is Cl.Cl.NC(c1ncccn1)C1CC1. The number of nitrogens with two attached hydrogens (primary N) is 1. The minimum atomic E-state index is 0. The van der Waals surface area contributed by atoms with E-state index in [2.05, 4.69) is 9.97 Å². The van der Waals surface area contributed by atoms with Gasteiger partial charge in [0.15, 0.2) is 0 Å². The highest BCUT2D eigenvalue weighted by Crippen LogP contribution is 2.37. The molecule has 2 rings (SSSR count). The Kier molecular flexibility index (Phi) is 5.21. The summed E-state index contributed by atoms with van der Waals surface area (Å²) in [7, 11) is 0. The van der Waals surface area contributed by atoms with E-state index < -0.39 is 0 Å². The lowest BCUT2D eigenvalue weighted by atomic mass is 10.2. The van der Waals surface area contributed by atoms with Crippen LogP contribution in [-0.2, 0) is 0 Å². The molecular formula is C8H13Cl2N3. The van der Waals surface area contributed by atoms with E-state index in [0.717, 1.165) is 5.82 Å². The maximum absolute atomic E-state index is 5.88. The molecule has 74 valence electrons. The van der Waals surface area contributed by atoms with Crippen molar-refractivity contribution in [3.63, 3.8) is 0 Å². The lowest BCUT2D eigenvalue weighted by Crippen LogP contribution is -2.15. The fourth-order valence-corrected chi connectivity index (χ4v) is 1.15. The summed E-state index contributed by atoms with van der Waals surface area (Å²) < 4.78 is 0. The standard InChI is InChI=1S/C8H11N3.2ClH/c9-7(6-2-3-6)8-10-4-1-5-11-8;;/h1,4-7H,2-3,9H2;2*1H. The second-order valence-electron chi connectivity index (χ2n) is 2.97. The quantitative estimate of drug-likeness (QED) is 0.828. The first-order chi connectivity index (χ1) is 5.38. The first kappa shape index (κ1) is 12.6. The molecule has 1 aromatic rings. The fourth-order valence-electron chi connectivity index (χ4n) is 1.15. The molecule has 1 aliphatic rings. The third-order valence-corrected chi connectivity index (χ3v) is 2.01. The van der Waals surface area contributed by atoms with Gasteiger partial charge in [-0.15, -0.1) is 24.8 Å². The van der Waals surface area contributed by atoms with E-state index in [9.17, 15) is 0 Å². The number of hydrogen-bond acceptors (Lipinski definition) is 3. The van der Waals surface area contributed by atoms with Crippen molar-refractivity contribution in [2.45, 2.75) is 18.9 Å². The molecular weight excluding hydrogens is 209 g/mol. The van der Waals surface area contributed by atoms with E-state index in [4.69, 9.17) is 5.73 Å². The zero-order valence-electron chi connectivity index (χ0n) is 7.09. The highest BCUT2D eigenvalue weighted by atomic mass is 35.5. The molecule has 1 fully saturated rings. The van der Waals surface area contributed by atoms with Gasteiger partial charge < -0.3 is 5.73 Å². The van der Waals surface area contributed by atoms with Crippen molar-refractivity contribution in [2.24, 2.45) is 11.7 Å². The van der Waals surface area contributed by atoms with Gasteiger partial charge >= 0.3 is 0 Å². The van der Waals surface area contributed by atoms with Crippen LogP contribution in [-0.4, -0.2) is 9.97 Å². The maximum Gasteiger partial charge on any atom is 0.145 e. The van der Waals surface area contributed by atoms with Gasteiger partial charge in [0.1, 0.15) is 5.82 Å². The summed E-state index contributed by atoms with van der Waals surface area (Å²) in [6, 6.07) is 1.87. The van der Waals surface area contributed by atoms with Crippen molar-refractivity contribution >= 4 is 24.8 Å². The van der Waals surface area contributed by atoms with Crippen LogP contribution in [0.5, 0.6) is 0 Å². The number of halogens is 2. The molecule has 0 spiro atoms. The monoisotopic (exact) mass is 221 g/mol. The molecule has 0 radical (unpaired) electrons. The maximum atomic E-state index is 5.88. The normalized spacial score (nSPS) is 16.7. The smallest absolute Gasteiger partial charge is 0.145 e. The lowest BCUT2D eigenvalue weighted by Gasteiger charge is -2.06. The van der Waals surface area contributed by atoms with Crippen molar-refractivity contribution in [1.29, 1.82) is 0 Å². The van der Waals surface area contributed by atoms with Crippen LogP contribution in [0.2, 0.25) is 0 Å². The van der Waals surface area contributed by atoms with Gasteiger partial charge in [0.25, 0.3) is 0 Å². The number of aromatic nitrogens is 2. The van der Waals surface area contributed by atoms with Gasteiger partial charge in [-0.1, -0.05) is 0 Å². The summed E-state index contributed by atoms with van der Waals surface area (Å²) in [5, 5.41) is 0. The van der Waals surface area contributed by atoms with Crippen LogP contribution >= 0.6 is 24.8 Å². The summed E-state index contributed by atoms with van der Waals surface area (Å²) in [4.78, 5) is 8.21. The summed E-state index contributed by atoms with van der Waals surface area (Å²) >= 11 is 0. The largest absolute Gasteiger partial charge is 0.321 e. The molecule has 0 saturated heterocycles. The molecule has 0 amide bonds. The van der Waals surface area contributed by atoms with Crippen LogP contribution in [0, 0.1) is 5.92 Å². The van der Waals surface area contributed by atoms with Gasteiger partial charge in [-0.25, -0.2) is 9.97 Å². The summed E-state index contributed by atoms with van der Waals surface area (Å²) in [5.74, 6) is 1.42. The van der Waals surface area contributed by atoms with Crippen molar-refractivity contribution in [2.75, 3.05) is 0 Å². The van der Waals surface area contributed by atoms with Crippen LogP contribution in [0.4, 0.5) is 0 Å². The molecule has 1 atom stereocenters. The topological polar surface area (TPSA) is 51.8 Å². The molecule has 0 aliphatic heterocycles. The van der Waals surface area contributed by atoms with E-state index >= 15 is 0 Å². The Balaban J connectivity index is 0.000000720. The first-order valence-corrected chi connectivity index (χ1v) is 3.90. The molecule has 1 aromatic heterocycles. The zero-order chi connectivity index (χ0) is 7.68. The number of hydrogen-bond donors (Lipinski definition) is 1. The Bertz CT molecular complexity index is 238. The van der Waals surface area contributed by atoms with Crippen LogP contribution in [0.3, 0.4) is 0 Å². The summed E-state index contributed by atoms with van der Waals surface area (Å²) in [6.07, 6.45) is 5.95. The van der Waals surface area contributed by atoms with Crippen molar-refractivity contribution in [3.05, 3.63) is 24.3 Å². The third kappa shape index (κ3) is 3.10. The van der Waals surface area contributed by atoms with E-state index in [1.807, 2.05) is 6.07 Å². The Hall–Kier alpha value is -0.380. The van der Waals surface area contributed by atoms with Crippen molar-refractivity contribution in [3.8, 4) is 0 Å². The van der Waals surface area contributed by atoms with Crippen LogP contribution in [0.1, 0.15) is 24.7 Å². The van der Waals surface area contributed by atoms with E-state index in [1.54, 1.807) is 12.4 Å². The molecule has 5 heteroatoms. The van der Waals surface area contributed by atoms with E-state index in [1.165, 1.54) is 12.8 Å².